The fourth-order valence-corrected chi connectivity index (χ4v) is 1.85. The molecule has 5 heteroatoms. The molecule has 84 valence electrons. The summed E-state index contributed by atoms with van der Waals surface area (Å²) in [7, 11) is 0. The zero-order valence-corrected chi connectivity index (χ0v) is 9.64. The molecule has 2 N–H and O–H groups in total. The van der Waals surface area contributed by atoms with Gasteiger partial charge in [-0.3, -0.25) is 0 Å². The average Bonchev–Trinajstić information content (AvgIpc) is 2.17. The summed E-state index contributed by atoms with van der Waals surface area (Å²) < 4.78 is 12.5. The molecule has 3 nitrogen and oxygen atoms in total. The molecule has 1 rings (SSSR count). The van der Waals surface area contributed by atoms with Crippen LogP contribution in [0.25, 0.3) is 0 Å². The summed E-state index contributed by atoms with van der Waals surface area (Å²) in [6.45, 7) is 2.15. The van der Waals surface area contributed by atoms with Crippen molar-refractivity contribution < 1.29 is 9.50 Å². The largest absolute Gasteiger partial charge is 0.387 e. The maximum Gasteiger partial charge on any atom is 0.141 e. The van der Waals surface area contributed by atoms with Crippen molar-refractivity contribution in [3.05, 3.63) is 24.1 Å². The third-order valence-corrected chi connectivity index (χ3v) is 2.74. The number of rotatable bonds is 5. The van der Waals surface area contributed by atoms with E-state index < -0.39 is 5.60 Å². The van der Waals surface area contributed by atoms with Crippen molar-refractivity contribution in [3.8, 4) is 0 Å². The van der Waals surface area contributed by atoms with Crippen molar-refractivity contribution in [2.45, 2.75) is 12.5 Å². The molecule has 1 aromatic rings. The Morgan fingerprint density at radius 3 is 2.87 bits per heavy atom. The Hall–Kier alpha value is -0.810. The second kappa shape index (κ2) is 5.32. The van der Waals surface area contributed by atoms with E-state index in [1.54, 1.807) is 24.8 Å². The lowest BCUT2D eigenvalue weighted by molar-refractivity contribution is 0.0996. The molecule has 0 fully saturated rings. The molecule has 0 aliphatic carbocycles. The van der Waals surface area contributed by atoms with Gasteiger partial charge in [-0.2, -0.15) is 11.8 Å². The summed E-state index contributed by atoms with van der Waals surface area (Å²) >= 11 is 1.58. The standard InChI is InChI=1S/C10H15FN2OS/c1-10(14,7-15-2)6-13-9-4-3-8(11)5-12-9/h3-5,14H,6-7H2,1-2H3,(H,12,13)/t10-/m0/s1. The number of nitrogens with zero attached hydrogens (tertiary/aromatic N) is 1. The first-order chi connectivity index (χ1) is 7.03. The highest BCUT2D eigenvalue weighted by Crippen LogP contribution is 2.12. The smallest absolute Gasteiger partial charge is 0.141 e. The highest BCUT2D eigenvalue weighted by atomic mass is 32.2. The van der Waals surface area contributed by atoms with Crippen LogP contribution in [-0.4, -0.2) is 34.2 Å². The third kappa shape index (κ3) is 4.48. The molecule has 0 unspecified atom stereocenters. The molecule has 0 spiro atoms. The zero-order chi connectivity index (χ0) is 11.3. The fraction of sp³-hybridized carbons (Fsp3) is 0.500. The monoisotopic (exact) mass is 230 g/mol. The lowest BCUT2D eigenvalue weighted by Crippen LogP contribution is -2.36. The molecule has 15 heavy (non-hydrogen) atoms. The Balaban J connectivity index is 2.46. The van der Waals surface area contributed by atoms with Crippen molar-refractivity contribution in [2.75, 3.05) is 23.9 Å². The van der Waals surface area contributed by atoms with E-state index in [2.05, 4.69) is 10.3 Å². The molecular formula is C10H15FN2OS. The minimum Gasteiger partial charge on any atom is -0.387 e. The normalized spacial score (nSPS) is 14.7. The topological polar surface area (TPSA) is 45.1 Å². The summed E-state index contributed by atoms with van der Waals surface area (Å²) in [4.78, 5) is 3.84. The van der Waals surface area contributed by atoms with Gasteiger partial charge >= 0.3 is 0 Å². The van der Waals surface area contributed by atoms with Crippen molar-refractivity contribution >= 4 is 17.6 Å². The van der Waals surface area contributed by atoms with Crippen LogP contribution in [0.2, 0.25) is 0 Å². The van der Waals surface area contributed by atoms with E-state index in [0.717, 1.165) is 6.20 Å². The molecule has 0 radical (unpaired) electrons. The molecule has 1 aromatic heterocycles. The van der Waals surface area contributed by atoms with E-state index >= 15 is 0 Å². The van der Waals surface area contributed by atoms with E-state index in [4.69, 9.17) is 0 Å². The number of anilines is 1. The molecule has 1 heterocycles. The molecule has 0 saturated carbocycles. The lowest BCUT2D eigenvalue weighted by Gasteiger charge is -2.22. The van der Waals surface area contributed by atoms with Gasteiger partial charge in [-0.15, -0.1) is 0 Å². The third-order valence-electron chi connectivity index (χ3n) is 1.83. The van der Waals surface area contributed by atoms with Crippen LogP contribution in [-0.2, 0) is 0 Å². The first kappa shape index (κ1) is 12.3. The maximum atomic E-state index is 12.5. The van der Waals surface area contributed by atoms with E-state index in [9.17, 15) is 9.50 Å². The average molecular weight is 230 g/mol. The van der Waals surface area contributed by atoms with Crippen LogP contribution in [0.3, 0.4) is 0 Å². The highest BCUT2D eigenvalue weighted by molar-refractivity contribution is 7.98. The van der Waals surface area contributed by atoms with Gasteiger partial charge in [0.25, 0.3) is 0 Å². The summed E-state index contributed by atoms with van der Waals surface area (Å²) in [5.41, 5.74) is -0.782. The van der Waals surface area contributed by atoms with E-state index in [1.807, 2.05) is 6.26 Å². The molecule has 0 aliphatic rings. The SMILES string of the molecule is CSC[C@@](C)(O)CNc1ccc(F)cn1. The molecule has 1 atom stereocenters. The lowest BCUT2D eigenvalue weighted by atomic mass is 10.1. The van der Waals surface area contributed by atoms with Gasteiger partial charge in [-0.05, 0) is 25.3 Å². The predicted molar refractivity (Wildman–Crippen MR) is 61.7 cm³/mol. The maximum absolute atomic E-state index is 12.5. The fourth-order valence-electron chi connectivity index (χ4n) is 1.12. The van der Waals surface area contributed by atoms with Gasteiger partial charge in [0.15, 0.2) is 0 Å². The molecule has 0 bridgehead atoms. The number of aliphatic hydroxyl groups is 1. The van der Waals surface area contributed by atoms with Gasteiger partial charge in [0.1, 0.15) is 11.6 Å². The van der Waals surface area contributed by atoms with E-state index in [0.29, 0.717) is 18.1 Å². The molecule has 0 aromatic carbocycles. The van der Waals surface area contributed by atoms with Gasteiger partial charge in [0, 0.05) is 12.3 Å². The van der Waals surface area contributed by atoms with E-state index in [1.165, 1.54) is 6.07 Å². The second-order valence-corrected chi connectivity index (χ2v) is 4.51. The predicted octanol–water partition coefficient (Wildman–Crippen LogP) is 1.75. The Morgan fingerprint density at radius 2 is 2.33 bits per heavy atom. The van der Waals surface area contributed by atoms with Crippen LogP contribution < -0.4 is 5.32 Å². The number of halogens is 1. The van der Waals surface area contributed by atoms with Crippen molar-refractivity contribution in [3.63, 3.8) is 0 Å². The first-order valence-corrected chi connectivity index (χ1v) is 6.00. The van der Waals surface area contributed by atoms with Gasteiger partial charge in [0.2, 0.25) is 0 Å². The Morgan fingerprint density at radius 1 is 1.60 bits per heavy atom. The zero-order valence-electron chi connectivity index (χ0n) is 8.83. The Labute approximate surface area is 93.1 Å². The van der Waals surface area contributed by atoms with Crippen LogP contribution in [0.1, 0.15) is 6.92 Å². The first-order valence-electron chi connectivity index (χ1n) is 4.60. The van der Waals surface area contributed by atoms with Crippen LogP contribution in [0, 0.1) is 5.82 Å². The summed E-state index contributed by atoms with van der Waals surface area (Å²) in [6.07, 6.45) is 3.08. The summed E-state index contributed by atoms with van der Waals surface area (Å²) in [6, 6.07) is 2.88. The van der Waals surface area contributed by atoms with Gasteiger partial charge in [-0.25, -0.2) is 9.37 Å². The number of hydrogen-bond acceptors (Lipinski definition) is 4. The van der Waals surface area contributed by atoms with Crippen molar-refractivity contribution in [1.82, 2.24) is 4.98 Å². The number of pyridine rings is 1. The molecule has 0 saturated heterocycles. The molecule has 0 amide bonds. The molecule has 0 aliphatic heterocycles. The molecular weight excluding hydrogens is 215 g/mol. The second-order valence-electron chi connectivity index (χ2n) is 3.65. The van der Waals surface area contributed by atoms with Gasteiger partial charge < -0.3 is 10.4 Å². The minimum atomic E-state index is -0.782. The number of nitrogens with one attached hydrogen (secondary N) is 1. The highest BCUT2D eigenvalue weighted by Gasteiger charge is 2.19. The number of aromatic nitrogens is 1. The summed E-state index contributed by atoms with van der Waals surface area (Å²) in [5, 5.41) is 12.8. The van der Waals surface area contributed by atoms with Crippen LogP contribution >= 0.6 is 11.8 Å². The summed E-state index contributed by atoms with van der Waals surface area (Å²) in [5.74, 6) is 0.843. The Bertz CT molecular complexity index is 303. The van der Waals surface area contributed by atoms with Crippen molar-refractivity contribution in [2.24, 2.45) is 0 Å². The van der Waals surface area contributed by atoms with Crippen LogP contribution in [0.15, 0.2) is 18.3 Å². The van der Waals surface area contributed by atoms with Crippen molar-refractivity contribution in [1.29, 1.82) is 0 Å². The number of thioether (sulfide) groups is 1. The minimum absolute atomic E-state index is 0.364. The van der Waals surface area contributed by atoms with Crippen LogP contribution in [0.5, 0.6) is 0 Å². The quantitative estimate of drug-likeness (QED) is 0.809. The Kier molecular flexibility index (Phi) is 4.35. The van der Waals surface area contributed by atoms with Gasteiger partial charge in [0.05, 0.1) is 11.8 Å². The van der Waals surface area contributed by atoms with E-state index in [-0.39, 0.29) is 5.82 Å². The number of hydrogen-bond donors (Lipinski definition) is 2. The van der Waals surface area contributed by atoms with Gasteiger partial charge in [-0.1, -0.05) is 0 Å². The van der Waals surface area contributed by atoms with Crippen LogP contribution in [0.4, 0.5) is 10.2 Å².